The first-order chi connectivity index (χ1) is 9.83. The quantitative estimate of drug-likeness (QED) is 0.748. The molecule has 0 bridgehead atoms. The molecule has 2 aliphatic heterocycles. The number of allylic oxidation sites excluding steroid dienone is 3. The lowest BCUT2D eigenvalue weighted by atomic mass is 10.2. The van der Waals surface area contributed by atoms with E-state index in [1.807, 2.05) is 23.1 Å². The van der Waals surface area contributed by atoms with E-state index in [4.69, 9.17) is 0 Å². The van der Waals surface area contributed by atoms with Crippen LogP contribution in [-0.4, -0.2) is 53.7 Å². The lowest BCUT2D eigenvalue weighted by molar-refractivity contribution is -0.132. The maximum atomic E-state index is 12.4. The van der Waals surface area contributed by atoms with Crippen LogP contribution in [0.1, 0.15) is 13.3 Å². The van der Waals surface area contributed by atoms with Crippen molar-refractivity contribution in [3.8, 4) is 0 Å². The van der Waals surface area contributed by atoms with Gasteiger partial charge in [-0.15, -0.1) is 0 Å². The Labute approximate surface area is 121 Å². The van der Waals surface area contributed by atoms with Crippen LogP contribution in [0.2, 0.25) is 0 Å². The van der Waals surface area contributed by atoms with Crippen molar-refractivity contribution in [1.82, 2.24) is 14.9 Å². The molecule has 0 unspecified atom stereocenters. The molecule has 2 rings (SSSR count). The van der Waals surface area contributed by atoms with E-state index < -0.39 is 12.6 Å². The standard InChI is InChI=1S/C14H18F3N3O/c1-3-11(5-4-7-14(15,16)17)19-9-10-20-12(13(19)21)6-8-18(20)2/h3-6H,7-10H2,1-2H3/b5-4-,11-3+. The molecular formula is C14H18F3N3O. The van der Waals surface area contributed by atoms with E-state index in [0.29, 0.717) is 31.0 Å². The summed E-state index contributed by atoms with van der Waals surface area (Å²) >= 11 is 0. The molecule has 7 heteroatoms. The summed E-state index contributed by atoms with van der Waals surface area (Å²) in [6, 6.07) is 0. The van der Waals surface area contributed by atoms with E-state index in [0.717, 1.165) is 6.08 Å². The molecule has 2 heterocycles. The van der Waals surface area contributed by atoms with Crippen LogP contribution in [0.3, 0.4) is 0 Å². The van der Waals surface area contributed by atoms with Crippen LogP contribution in [0.5, 0.6) is 0 Å². The van der Waals surface area contributed by atoms with Crippen LogP contribution in [-0.2, 0) is 4.79 Å². The fraction of sp³-hybridized carbons (Fsp3) is 0.500. The average molecular weight is 301 g/mol. The van der Waals surface area contributed by atoms with E-state index in [1.165, 1.54) is 11.0 Å². The maximum Gasteiger partial charge on any atom is 0.392 e. The van der Waals surface area contributed by atoms with Crippen molar-refractivity contribution < 1.29 is 18.0 Å². The number of nitrogens with zero attached hydrogens (tertiary/aromatic N) is 3. The number of amides is 1. The number of halogens is 3. The molecule has 0 atom stereocenters. The second kappa shape index (κ2) is 5.93. The minimum Gasteiger partial charge on any atom is -0.306 e. The first-order valence-corrected chi connectivity index (χ1v) is 6.73. The van der Waals surface area contributed by atoms with Crippen LogP contribution in [0, 0.1) is 0 Å². The summed E-state index contributed by atoms with van der Waals surface area (Å²) in [5.74, 6) is -0.171. The lowest BCUT2D eigenvalue weighted by Gasteiger charge is -2.38. The number of hydrazine groups is 1. The molecule has 0 aliphatic carbocycles. The third-order valence-electron chi connectivity index (χ3n) is 3.48. The van der Waals surface area contributed by atoms with E-state index >= 15 is 0 Å². The van der Waals surface area contributed by atoms with Crippen LogP contribution < -0.4 is 0 Å². The van der Waals surface area contributed by atoms with Crippen LogP contribution in [0.15, 0.2) is 35.7 Å². The third-order valence-corrected chi connectivity index (χ3v) is 3.48. The maximum absolute atomic E-state index is 12.4. The van der Waals surface area contributed by atoms with Crippen LogP contribution >= 0.6 is 0 Å². The summed E-state index contributed by atoms with van der Waals surface area (Å²) in [5, 5.41) is 3.84. The molecule has 2 aliphatic rings. The van der Waals surface area contributed by atoms with Gasteiger partial charge in [-0.05, 0) is 19.1 Å². The van der Waals surface area contributed by atoms with Gasteiger partial charge in [-0.2, -0.15) is 13.2 Å². The molecule has 0 aromatic rings. The minimum absolute atomic E-state index is 0.171. The van der Waals surface area contributed by atoms with E-state index in [1.54, 1.807) is 13.0 Å². The highest BCUT2D eigenvalue weighted by atomic mass is 19.4. The number of rotatable bonds is 3. The van der Waals surface area contributed by atoms with Crippen LogP contribution in [0.25, 0.3) is 0 Å². The largest absolute Gasteiger partial charge is 0.392 e. The topological polar surface area (TPSA) is 26.8 Å². The highest BCUT2D eigenvalue weighted by Crippen LogP contribution is 2.25. The number of piperazine rings is 1. The summed E-state index contributed by atoms with van der Waals surface area (Å²) in [5.41, 5.74) is 1.09. The molecule has 116 valence electrons. The summed E-state index contributed by atoms with van der Waals surface area (Å²) in [6.07, 6.45) is 0.671. The zero-order chi connectivity index (χ0) is 15.6. The van der Waals surface area contributed by atoms with Crippen molar-refractivity contribution in [2.24, 2.45) is 0 Å². The third kappa shape index (κ3) is 3.47. The zero-order valence-electron chi connectivity index (χ0n) is 12.0. The van der Waals surface area contributed by atoms with E-state index in [-0.39, 0.29) is 5.91 Å². The van der Waals surface area contributed by atoms with Gasteiger partial charge in [-0.1, -0.05) is 12.2 Å². The molecule has 0 radical (unpaired) electrons. The fourth-order valence-electron chi connectivity index (χ4n) is 2.43. The lowest BCUT2D eigenvalue weighted by Crippen LogP contribution is -2.50. The SMILES string of the molecule is C/C=C(\C=C/CC(F)(F)F)N1CCN2C(=CCN2C)C1=O. The van der Waals surface area contributed by atoms with Gasteiger partial charge in [0.1, 0.15) is 5.70 Å². The Morgan fingerprint density at radius 1 is 1.38 bits per heavy atom. The van der Waals surface area contributed by atoms with Gasteiger partial charge >= 0.3 is 6.18 Å². The molecule has 0 saturated carbocycles. The molecule has 1 saturated heterocycles. The number of likely N-dealkylation sites (N-methyl/N-ethyl adjacent to an activating group) is 1. The van der Waals surface area contributed by atoms with Crippen LogP contribution in [0.4, 0.5) is 13.2 Å². The summed E-state index contributed by atoms with van der Waals surface area (Å²) in [4.78, 5) is 13.9. The van der Waals surface area contributed by atoms with Gasteiger partial charge in [0.05, 0.1) is 13.0 Å². The highest BCUT2D eigenvalue weighted by molar-refractivity contribution is 5.95. The Morgan fingerprint density at radius 2 is 2.10 bits per heavy atom. The number of carbonyl (C=O) groups is 1. The molecule has 0 N–H and O–H groups in total. The number of alkyl halides is 3. The van der Waals surface area contributed by atoms with Gasteiger partial charge in [-0.3, -0.25) is 9.80 Å². The predicted molar refractivity (Wildman–Crippen MR) is 72.7 cm³/mol. The monoisotopic (exact) mass is 301 g/mol. The normalized spacial score (nSPS) is 21.3. The highest BCUT2D eigenvalue weighted by Gasteiger charge is 2.34. The Balaban J connectivity index is 2.08. The summed E-state index contributed by atoms with van der Waals surface area (Å²) in [6.45, 7) is 3.47. The molecule has 1 amide bonds. The summed E-state index contributed by atoms with van der Waals surface area (Å²) in [7, 11) is 1.90. The number of hydrogen-bond donors (Lipinski definition) is 0. The van der Waals surface area contributed by atoms with Gasteiger partial charge in [0.2, 0.25) is 0 Å². The van der Waals surface area contributed by atoms with Crippen molar-refractivity contribution in [3.63, 3.8) is 0 Å². The smallest absolute Gasteiger partial charge is 0.306 e. The molecule has 1 fully saturated rings. The Morgan fingerprint density at radius 3 is 2.71 bits per heavy atom. The predicted octanol–water partition coefficient (Wildman–Crippen LogP) is 2.29. The Kier molecular flexibility index (Phi) is 4.41. The van der Waals surface area contributed by atoms with Crippen molar-refractivity contribution in [2.45, 2.75) is 19.5 Å². The van der Waals surface area contributed by atoms with Gasteiger partial charge in [0, 0.05) is 25.8 Å². The van der Waals surface area contributed by atoms with Gasteiger partial charge in [0.15, 0.2) is 0 Å². The van der Waals surface area contributed by atoms with Crippen molar-refractivity contribution in [1.29, 1.82) is 0 Å². The van der Waals surface area contributed by atoms with Gasteiger partial charge in [-0.25, -0.2) is 5.01 Å². The fourth-order valence-corrected chi connectivity index (χ4v) is 2.43. The molecule has 0 aromatic heterocycles. The first kappa shape index (κ1) is 15.6. The van der Waals surface area contributed by atoms with E-state index in [9.17, 15) is 18.0 Å². The average Bonchev–Trinajstić information content (AvgIpc) is 2.77. The second-order valence-electron chi connectivity index (χ2n) is 4.94. The van der Waals surface area contributed by atoms with Gasteiger partial charge < -0.3 is 4.90 Å². The van der Waals surface area contributed by atoms with Crippen molar-refractivity contribution in [2.75, 3.05) is 26.7 Å². The molecule has 21 heavy (non-hydrogen) atoms. The second-order valence-corrected chi connectivity index (χ2v) is 4.94. The molecule has 4 nitrogen and oxygen atoms in total. The number of carbonyl (C=O) groups excluding carboxylic acids is 1. The van der Waals surface area contributed by atoms with Crippen molar-refractivity contribution >= 4 is 5.91 Å². The van der Waals surface area contributed by atoms with Gasteiger partial charge in [0.25, 0.3) is 5.91 Å². The summed E-state index contributed by atoms with van der Waals surface area (Å²) < 4.78 is 36.5. The van der Waals surface area contributed by atoms with E-state index in [2.05, 4.69) is 0 Å². The Hall–Kier alpha value is -1.76. The first-order valence-electron chi connectivity index (χ1n) is 6.73. The zero-order valence-corrected chi connectivity index (χ0v) is 12.0. The number of hydrogen-bond acceptors (Lipinski definition) is 3. The van der Waals surface area contributed by atoms with Crippen molar-refractivity contribution in [3.05, 3.63) is 35.7 Å². The molecular weight excluding hydrogens is 283 g/mol. The Bertz CT molecular complexity index is 508. The minimum atomic E-state index is -4.23. The molecule has 0 aromatic carbocycles. The number of fused-ring (bicyclic) bond motifs is 1. The molecule has 0 spiro atoms.